The number of hydrogen-bond donors (Lipinski definition) is 4. The second-order valence-corrected chi connectivity index (χ2v) is 11.9. The van der Waals surface area contributed by atoms with Crippen molar-refractivity contribution in [3.05, 3.63) is 0 Å². The van der Waals surface area contributed by atoms with Crippen LogP contribution < -0.4 is 0 Å². The van der Waals surface area contributed by atoms with Gasteiger partial charge in [-0.1, -0.05) is 20.8 Å². The van der Waals surface area contributed by atoms with Crippen molar-refractivity contribution in [2.75, 3.05) is 6.61 Å². The van der Waals surface area contributed by atoms with E-state index in [4.69, 9.17) is 0 Å². The third-order valence-electron chi connectivity index (χ3n) is 11.1. The number of hydrogen-bond acceptors (Lipinski definition) is 4. The number of aliphatic hydroxyl groups is 4. The standard InChI is InChI=1S/C24H40O4/c1-14-11-16-18(21(2)8-5-15(26)13-24(14,21)28)6-9-22(3)20(16)17-12-19(17)23(22,27)7-4-10-25/h14-20,25-28H,4-13H2,1-3H3/t14-,15+,16?,17-,18?,19+,20?,21-,22+,23+,24-/m1/s1. The van der Waals surface area contributed by atoms with Gasteiger partial charge in [-0.25, -0.2) is 0 Å². The second-order valence-electron chi connectivity index (χ2n) is 11.9. The maximum absolute atomic E-state index is 11.8. The summed E-state index contributed by atoms with van der Waals surface area (Å²) in [7, 11) is 0. The highest BCUT2D eigenvalue weighted by atomic mass is 16.3. The topological polar surface area (TPSA) is 80.9 Å². The van der Waals surface area contributed by atoms with E-state index in [0.717, 1.165) is 44.9 Å². The van der Waals surface area contributed by atoms with E-state index in [0.29, 0.717) is 42.4 Å². The molecule has 4 N–H and O–H groups in total. The molecule has 160 valence electrons. The highest BCUT2D eigenvalue weighted by Gasteiger charge is 2.77. The van der Waals surface area contributed by atoms with Gasteiger partial charge in [-0.3, -0.25) is 0 Å². The van der Waals surface area contributed by atoms with Gasteiger partial charge in [0.2, 0.25) is 0 Å². The molecule has 0 radical (unpaired) electrons. The average molecular weight is 393 g/mol. The van der Waals surface area contributed by atoms with E-state index in [-0.39, 0.29) is 29.5 Å². The van der Waals surface area contributed by atoms with E-state index >= 15 is 0 Å². The van der Waals surface area contributed by atoms with Crippen molar-refractivity contribution in [1.29, 1.82) is 0 Å². The summed E-state index contributed by atoms with van der Waals surface area (Å²) in [6, 6.07) is 0. The first kappa shape index (κ1) is 19.8. The van der Waals surface area contributed by atoms with Gasteiger partial charge in [0.1, 0.15) is 0 Å². The summed E-state index contributed by atoms with van der Waals surface area (Å²) >= 11 is 0. The van der Waals surface area contributed by atoms with Crippen molar-refractivity contribution in [3.63, 3.8) is 0 Å². The molecule has 0 aliphatic heterocycles. The monoisotopic (exact) mass is 392 g/mol. The molecular formula is C24H40O4. The van der Waals surface area contributed by atoms with E-state index < -0.39 is 11.2 Å². The Labute approximate surface area is 169 Å². The Morgan fingerprint density at radius 2 is 1.61 bits per heavy atom. The summed E-state index contributed by atoms with van der Waals surface area (Å²) in [5.74, 6) is 2.88. The largest absolute Gasteiger partial charge is 0.396 e. The molecule has 5 aliphatic carbocycles. The Morgan fingerprint density at radius 1 is 0.929 bits per heavy atom. The molecule has 3 unspecified atom stereocenters. The molecule has 5 fully saturated rings. The Morgan fingerprint density at radius 3 is 2.32 bits per heavy atom. The van der Waals surface area contributed by atoms with E-state index in [2.05, 4.69) is 20.8 Å². The van der Waals surface area contributed by atoms with Crippen LogP contribution in [0.25, 0.3) is 0 Å². The highest BCUT2D eigenvalue weighted by Crippen LogP contribution is 2.78. The molecule has 0 bridgehead atoms. The summed E-state index contributed by atoms with van der Waals surface area (Å²) in [4.78, 5) is 0. The van der Waals surface area contributed by atoms with Crippen LogP contribution in [0.15, 0.2) is 0 Å². The van der Waals surface area contributed by atoms with Crippen LogP contribution in [0.3, 0.4) is 0 Å². The molecule has 5 aliphatic rings. The van der Waals surface area contributed by atoms with Gasteiger partial charge in [0.15, 0.2) is 0 Å². The van der Waals surface area contributed by atoms with Crippen molar-refractivity contribution in [2.45, 2.75) is 95.9 Å². The Balaban J connectivity index is 1.50. The third kappa shape index (κ3) is 2.16. The molecule has 0 spiro atoms. The average Bonchev–Trinajstić information content (AvgIpc) is 3.39. The number of aliphatic hydroxyl groups excluding tert-OH is 2. The summed E-state index contributed by atoms with van der Waals surface area (Å²) in [5.41, 5.74) is -1.53. The Bertz CT molecular complexity index is 653. The molecule has 28 heavy (non-hydrogen) atoms. The molecule has 5 rings (SSSR count). The summed E-state index contributed by atoms with van der Waals surface area (Å²) < 4.78 is 0. The fraction of sp³-hybridized carbons (Fsp3) is 1.00. The zero-order chi connectivity index (χ0) is 20.1. The van der Waals surface area contributed by atoms with Gasteiger partial charge < -0.3 is 20.4 Å². The lowest BCUT2D eigenvalue weighted by atomic mass is 9.40. The maximum atomic E-state index is 11.8. The lowest BCUT2D eigenvalue weighted by Crippen LogP contribution is -2.67. The van der Waals surface area contributed by atoms with Crippen molar-refractivity contribution in [1.82, 2.24) is 0 Å². The van der Waals surface area contributed by atoms with Crippen LogP contribution in [0.2, 0.25) is 0 Å². The van der Waals surface area contributed by atoms with E-state index in [1.54, 1.807) is 0 Å². The van der Waals surface area contributed by atoms with Crippen molar-refractivity contribution in [2.24, 2.45) is 46.3 Å². The van der Waals surface area contributed by atoms with Gasteiger partial charge in [0.05, 0.1) is 17.3 Å². The van der Waals surface area contributed by atoms with Crippen LogP contribution in [0.4, 0.5) is 0 Å². The third-order valence-corrected chi connectivity index (χ3v) is 11.1. The predicted octanol–water partition coefficient (Wildman–Crippen LogP) is 3.11. The maximum Gasteiger partial charge on any atom is 0.0753 e. The van der Waals surface area contributed by atoms with Gasteiger partial charge >= 0.3 is 0 Å². The predicted molar refractivity (Wildman–Crippen MR) is 107 cm³/mol. The minimum atomic E-state index is -0.756. The smallest absolute Gasteiger partial charge is 0.0753 e. The van der Waals surface area contributed by atoms with Crippen molar-refractivity contribution in [3.8, 4) is 0 Å². The minimum absolute atomic E-state index is 0.0450. The molecular weight excluding hydrogens is 352 g/mol. The SMILES string of the molecule is C[C@@H]1CC2C3[C@@H]4C[C@@H]4[C@@](O)(CCCO)[C@@]3(C)CCC2[C@@]2(C)CC[C@H](O)C[C@@]12O. The Kier molecular flexibility index (Phi) is 4.21. The van der Waals surface area contributed by atoms with Crippen LogP contribution in [-0.4, -0.2) is 44.3 Å². The fourth-order valence-electron chi connectivity index (χ4n) is 9.61. The first-order chi connectivity index (χ1) is 13.1. The molecule has 0 aromatic rings. The molecule has 4 nitrogen and oxygen atoms in total. The van der Waals surface area contributed by atoms with Gasteiger partial charge in [-0.05, 0) is 97.7 Å². The summed E-state index contributed by atoms with van der Waals surface area (Å²) in [6.07, 6.45) is 7.63. The van der Waals surface area contributed by atoms with Gasteiger partial charge in [0, 0.05) is 13.0 Å². The summed E-state index contributed by atoms with van der Waals surface area (Å²) in [5, 5.41) is 43.3. The molecule has 0 saturated heterocycles. The molecule has 0 amide bonds. The van der Waals surface area contributed by atoms with Gasteiger partial charge in [-0.15, -0.1) is 0 Å². The lowest BCUT2D eigenvalue weighted by molar-refractivity contribution is -0.253. The first-order valence-corrected chi connectivity index (χ1v) is 11.9. The summed E-state index contributed by atoms with van der Waals surface area (Å²) in [6.45, 7) is 7.02. The minimum Gasteiger partial charge on any atom is -0.396 e. The first-order valence-electron chi connectivity index (χ1n) is 11.9. The van der Waals surface area contributed by atoms with Crippen molar-refractivity contribution < 1.29 is 20.4 Å². The molecule has 0 heterocycles. The van der Waals surface area contributed by atoms with Crippen LogP contribution in [0.5, 0.6) is 0 Å². The molecule has 4 heteroatoms. The van der Waals surface area contributed by atoms with E-state index in [9.17, 15) is 20.4 Å². The van der Waals surface area contributed by atoms with Crippen LogP contribution in [0, 0.1) is 46.3 Å². The highest BCUT2D eigenvalue weighted by molar-refractivity contribution is 5.26. The second kappa shape index (κ2) is 5.96. The Hall–Kier alpha value is -0.160. The van der Waals surface area contributed by atoms with Gasteiger partial charge in [-0.2, -0.15) is 0 Å². The lowest BCUT2D eigenvalue weighted by Gasteiger charge is -2.67. The molecule has 0 aromatic heterocycles. The molecule has 11 atom stereocenters. The zero-order valence-corrected chi connectivity index (χ0v) is 17.9. The fourth-order valence-corrected chi connectivity index (χ4v) is 9.61. The van der Waals surface area contributed by atoms with Crippen molar-refractivity contribution >= 4 is 0 Å². The normalized spacial score (nSPS) is 62.5. The van der Waals surface area contributed by atoms with E-state index in [1.807, 2.05) is 0 Å². The quantitative estimate of drug-likeness (QED) is 0.595. The van der Waals surface area contributed by atoms with Gasteiger partial charge in [0.25, 0.3) is 0 Å². The van der Waals surface area contributed by atoms with Crippen LogP contribution in [0.1, 0.15) is 78.6 Å². The van der Waals surface area contributed by atoms with Crippen LogP contribution >= 0.6 is 0 Å². The van der Waals surface area contributed by atoms with Crippen LogP contribution in [-0.2, 0) is 0 Å². The molecule has 0 aromatic carbocycles. The number of rotatable bonds is 3. The van der Waals surface area contributed by atoms with E-state index in [1.165, 1.54) is 0 Å². The zero-order valence-electron chi connectivity index (χ0n) is 17.9. The molecule has 5 saturated carbocycles. The number of fused-ring (bicyclic) bond motifs is 7.